The molecule has 1 aromatic rings. The van der Waals surface area contributed by atoms with Crippen molar-refractivity contribution in [1.29, 1.82) is 0 Å². The van der Waals surface area contributed by atoms with Crippen LogP contribution in [-0.4, -0.2) is 18.7 Å². The molecule has 19 heavy (non-hydrogen) atoms. The SMILES string of the molecule is CCC(/C=N\NC(=O)CNc1ccc(F)cc1)CC. The van der Waals surface area contributed by atoms with E-state index in [4.69, 9.17) is 0 Å². The number of nitrogens with one attached hydrogen (secondary N) is 2. The summed E-state index contributed by atoms with van der Waals surface area (Å²) in [6, 6.07) is 5.84. The average Bonchev–Trinajstić information content (AvgIpc) is 2.43. The average molecular weight is 265 g/mol. The molecule has 0 fully saturated rings. The van der Waals surface area contributed by atoms with Gasteiger partial charge < -0.3 is 5.32 Å². The molecule has 1 aromatic carbocycles. The van der Waals surface area contributed by atoms with Gasteiger partial charge in [0, 0.05) is 11.9 Å². The third-order valence-electron chi connectivity index (χ3n) is 2.82. The highest BCUT2D eigenvalue weighted by Crippen LogP contribution is 2.07. The molecule has 104 valence electrons. The van der Waals surface area contributed by atoms with Crippen LogP contribution in [0.5, 0.6) is 0 Å². The largest absolute Gasteiger partial charge is 0.376 e. The molecule has 0 aliphatic carbocycles. The van der Waals surface area contributed by atoms with E-state index in [9.17, 15) is 9.18 Å². The van der Waals surface area contributed by atoms with Crippen LogP contribution in [0.15, 0.2) is 29.4 Å². The Kier molecular flexibility index (Phi) is 6.57. The predicted octanol–water partition coefficient (Wildman–Crippen LogP) is 2.78. The highest BCUT2D eigenvalue weighted by atomic mass is 19.1. The summed E-state index contributed by atoms with van der Waals surface area (Å²) in [5.41, 5.74) is 3.15. The number of halogens is 1. The number of carbonyl (C=O) groups is 1. The number of benzene rings is 1. The van der Waals surface area contributed by atoms with E-state index in [1.54, 1.807) is 18.3 Å². The minimum atomic E-state index is -0.301. The molecule has 0 radical (unpaired) electrons. The van der Waals surface area contributed by atoms with Crippen molar-refractivity contribution in [2.75, 3.05) is 11.9 Å². The van der Waals surface area contributed by atoms with E-state index in [0.717, 1.165) is 12.8 Å². The van der Waals surface area contributed by atoms with E-state index in [-0.39, 0.29) is 18.3 Å². The highest BCUT2D eigenvalue weighted by Gasteiger charge is 2.01. The van der Waals surface area contributed by atoms with Crippen LogP contribution in [0.25, 0.3) is 0 Å². The number of anilines is 1. The van der Waals surface area contributed by atoms with Gasteiger partial charge in [-0.2, -0.15) is 5.10 Å². The zero-order valence-electron chi connectivity index (χ0n) is 11.3. The van der Waals surface area contributed by atoms with Crippen molar-refractivity contribution in [2.24, 2.45) is 11.0 Å². The van der Waals surface area contributed by atoms with Crippen LogP contribution in [0.1, 0.15) is 26.7 Å². The number of nitrogens with zero attached hydrogens (tertiary/aromatic N) is 1. The molecule has 0 heterocycles. The van der Waals surface area contributed by atoms with E-state index in [1.807, 2.05) is 0 Å². The van der Waals surface area contributed by atoms with Crippen molar-refractivity contribution < 1.29 is 9.18 Å². The Bertz CT molecular complexity index is 413. The van der Waals surface area contributed by atoms with Gasteiger partial charge in [-0.15, -0.1) is 0 Å². The van der Waals surface area contributed by atoms with Crippen LogP contribution < -0.4 is 10.7 Å². The maximum Gasteiger partial charge on any atom is 0.259 e. The summed E-state index contributed by atoms with van der Waals surface area (Å²) < 4.78 is 12.7. The normalized spacial score (nSPS) is 10.9. The Morgan fingerprint density at radius 2 is 1.95 bits per heavy atom. The second-order valence-corrected chi connectivity index (χ2v) is 4.25. The lowest BCUT2D eigenvalue weighted by atomic mass is 10.1. The molecule has 0 spiro atoms. The predicted molar refractivity (Wildman–Crippen MR) is 75.6 cm³/mol. The van der Waals surface area contributed by atoms with Crippen LogP contribution in [0.3, 0.4) is 0 Å². The van der Waals surface area contributed by atoms with Crippen LogP contribution in [0.4, 0.5) is 10.1 Å². The summed E-state index contributed by atoms with van der Waals surface area (Å²) in [6.07, 6.45) is 3.77. The van der Waals surface area contributed by atoms with Gasteiger partial charge in [0.25, 0.3) is 5.91 Å². The van der Waals surface area contributed by atoms with Gasteiger partial charge >= 0.3 is 0 Å². The van der Waals surface area contributed by atoms with Gasteiger partial charge in [-0.05, 0) is 43.0 Å². The molecular formula is C14H20FN3O. The molecule has 0 aliphatic heterocycles. The number of hydrogen-bond donors (Lipinski definition) is 2. The van der Waals surface area contributed by atoms with Gasteiger partial charge in [-0.3, -0.25) is 4.79 Å². The van der Waals surface area contributed by atoms with Gasteiger partial charge in [0.1, 0.15) is 5.82 Å². The summed E-state index contributed by atoms with van der Waals surface area (Å²) in [4.78, 5) is 11.5. The summed E-state index contributed by atoms with van der Waals surface area (Å²) in [7, 11) is 0. The topological polar surface area (TPSA) is 53.5 Å². The summed E-state index contributed by atoms with van der Waals surface area (Å²) in [5.74, 6) is -0.137. The number of amides is 1. The van der Waals surface area contributed by atoms with Crippen LogP contribution in [0, 0.1) is 11.7 Å². The number of rotatable bonds is 7. The lowest BCUT2D eigenvalue weighted by Crippen LogP contribution is -2.26. The van der Waals surface area contributed by atoms with Crippen molar-refractivity contribution in [1.82, 2.24) is 5.43 Å². The number of carbonyl (C=O) groups excluding carboxylic acids is 1. The first kappa shape index (κ1) is 15.1. The molecule has 0 saturated carbocycles. The molecule has 4 nitrogen and oxygen atoms in total. The van der Waals surface area contributed by atoms with E-state index in [1.165, 1.54) is 12.1 Å². The third kappa shape index (κ3) is 5.99. The lowest BCUT2D eigenvalue weighted by Gasteiger charge is -2.06. The molecule has 0 bridgehead atoms. The molecule has 0 unspecified atom stereocenters. The smallest absolute Gasteiger partial charge is 0.259 e. The molecular weight excluding hydrogens is 245 g/mol. The first-order valence-corrected chi connectivity index (χ1v) is 6.47. The van der Waals surface area contributed by atoms with E-state index < -0.39 is 0 Å². The molecule has 1 amide bonds. The molecule has 2 N–H and O–H groups in total. The van der Waals surface area contributed by atoms with Crippen LogP contribution in [0.2, 0.25) is 0 Å². The monoisotopic (exact) mass is 265 g/mol. The summed E-state index contributed by atoms with van der Waals surface area (Å²) >= 11 is 0. The lowest BCUT2D eigenvalue weighted by molar-refractivity contribution is -0.119. The second-order valence-electron chi connectivity index (χ2n) is 4.25. The molecule has 0 aliphatic rings. The number of hydrogen-bond acceptors (Lipinski definition) is 3. The third-order valence-corrected chi connectivity index (χ3v) is 2.82. The van der Waals surface area contributed by atoms with Crippen LogP contribution >= 0.6 is 0 Å². The van der Waals surface area contributed by atoms with Gasteiger partial charge in [-0.25, -0.2) is 9.82 Å². The molecule has 1 rings (SSSR count). The molecule has 0 atom stereocenters. The van der Waals surface area contributed by atoms with Crippen molar-refractivity contribution in [2.45, 2.75) is 26.7 Å². The summed E-state index contributed by atoms with van der Waals surface area (Å²) in [6.45, 7) is 4.27. The summed E-state index contributed by atoms with van der Waals surface area (Å²) in [5, 5.41) is 6.80. The van der Waals surface area contributed by atoms with Crippen LogP contribution in [-0.2, 0) is 4.79 Å². The molecule has 0 saturated heterocycles. The fourth-order valence-corrected chi connectivity index (χ4v) is 1.50. The van der Waals surface area contributed by atoms with Crippen molar-refractivity contribution in [3.63, 3.8) is 0 Å². The molecule has 5 heteroatoms. The van der Waals surface area contributed by atoms with Gasteiger partial charge in [0.15, 0.2) is 0 Å². The first-order valence-electron chi connectivity index (χ1n) is 6.47. The second kappa shape index (κ2) is 8.24. The number of hydrazone groups is 1. The zero-order chi connectivity index (χ0) is 14.1. The van der Waals surface area contributed by atoms with Crippen molar-refractivity contribution in [3.8, 4) is 0 Å². The molecule has 0 aromatic heterocycles. The zero-order valence-corrected chi connectivity index (χ0v) is 11.3. The standard InChI is InChI=1S/C14H20FN3O/c1-3-11(4-2)9-17-18-14(19)10-16-13-7-5-12(15)6-8-13/h5-9,11,16H,3-4,10H2,1-2H3,(H,18,19)/b17-9-. The quantitative estimate of drug-likeness (QED) is 0.588. The highest BCUT2D eigenvalue weighted by molar-refractivity contribution is 5.81. The Morgan fingerprint density at radius 3 is 2.53 bits per heavy atom. The van der Waals surface area contributed by atoms with Gasteiger partial charge in [-0.1, -0.05) is 13.8 Å². The Hall–Kier alpha value is -1.91. The van der Waals surface area contributed by atoms with Crippen molar-refractivity contribution >= 4 is 17.8 Å². The maximum absolute atomic E-state index is 12.7. The fraction of sp³-hybridized carbons (Fsp3) is 0.429. The van der Waals surface area contributed by atoms with E-state index in [2.05, 4.69) is 29.7 Å². The van der Waals surface area contributed by atoms with Gasteiger partial charge in [0.2, 0.25) is 0 Å². The fourth-order valence-electron chi connectivity index (χ4n) is 1.50. The van der Waals surface area contributed by atoms with Gasteiger partial charge in [0.05, 0.1) is 6.54 Å². The minimum absolute atomic E-state index is 0.103. The Labute approximate surface area is 113 Å². The Balaban J connectivity index is 2.30. The maximum atomic E-state index is 12.7. The first-order chi connectivity index (χ1) is 9.15. The Morgan fingerprint density at radius 1 is 1.32 bits per heavy atom. The van der Waals surface area contributed by atoms with E-state index in [0.29, 0.717) is 11.6 Å². The minimum Gasteiger partial charge on any atom is -0.376 e. The van der Waals surface area contributed by atoms with E-state index >= 15 is 0 Å². The van der Waals surface area contributed by atoms with Crippen molar-refractivity contribution in [3.05, 3.63) is 30.1 Å².